The molecule has 0 unspecified atom stereocenters. The van der Waals surface area contributed by atoms with Gasteiger partial charge >= 0.3 is 6.36 Å². The summed E-state index contributed by atoms with van der Waals surface area (Å²) in [7, 11) is 0. The number of rotatable bonds is 5. The first-order valence-electron chi connectivity index (χ1n) is 4.27. The molecule has 0 heterocycles. The van der Waals surface area contributed by atoms with Gasteiger partial charge in [0.25, 0.3) is 0 Å². The molecule has 0 fully saturated rings. The summed E-state index contributed by atoms with van der Waals surface area (Å²) in [6, 6.07) is -0.206. The van der Waals surface area contributed by atoms with E-state index in [1.807, 2.05) is 13.8 Å². The molecule has 2 N–H and O–H groups in total. The highest BCUT2D eigenvalue weighted by molar-refractivity contribution is 4.62. The van der Waals surface area contributed by atoms with Gasteiger partial charge in [-0.2, -0.15) is 0 Å². The van der Waals surface area contributed by atoms with E-state index in [1.54, 1.807) is 0 Å². The zero-order chi connectivity index (χ0) is 10.5. The normalized spacial score (nSPS) is 15.0. The summed E-state index contributed by atoms with van der Waals surface area (Å²) < 4.78 is 38.1. The number of nitrogens with two attached hydrogens (primary N) is 1. The van der Waals surface area contributed by atoms with Crippen LogP contribution in [0.5, 0.6) is 0 Å². The number of ether oxygens (including phenoxy) is 1. The lowest BCUT2D eigenvalue weighted by Crippen LogP contribution is -2.25. The van der Waals surface area contributed by atoms with Gasteiger partial charge in [0, 0.05) is 6.04 Å². The first-order chi connectivity index (χ1) is 5.81. The molecule has 1 atom stereocenters. The van der Waals surface area contributed by atoms with Crippen LogP contribution in [0.25, 0.3) is 0 Å². The number of hydrogen-bond acceptors (Lipinski definition) is 2. The Labute approximate surface area is 76.2 Å². The summed E-state index contributed by atoms with van der Waals surface area (Å²) >= 11 is 0. The third kappa shape index (κ3) is 9.63. The molecule has 0 aliphatic heterocycles. The van der Waals surface area contributed by atoms with E-state index in [9.17, 15) is 13.2 Å². The largest absolute Gasteiger partial charge is 0.522 e. The fourth-order valence-electron chi connectivity index (χ4n) is 1.05. The van der Waals surface area contributed by atoms with E-state index in [4.69, 9.17) is 5.73 Å². The monoisotopic (exact) mass is 199 g/mol. The predicted molar refractivity (Wildman–Crippen MR) is 44.1 cm³/mol. The van der Waals surface area contributed by atoms with Crippen molar-refractivity contribution in [2.24, 2.45) is 11.7 Å². The second-order valence-corrected chi connectivity index (χ2v) is 3.47. The Hall–Kier alpha value is -0.290. The minimum absolute atomic E-state index is 0.206. The zero-order valence-corrected chi connectivity index (χ0v) is 7.90. The minimum Gasteiger partial charge on any atom is -0.328 e. The second kappa shape index (κ2) is 5.44. The lowest BCUT2D eigenvalue weighted by atomic mass is 10.0. The zero-order valence-electron chi connectivity index (χ0n) is 7.90. The first-order valence-corrected chi connectivity index (χ1v) is 4.27. The van der Waals surface area contributed by atoms with Gasteiger partial charge in [0.05, 0.1) is 6.61 Å². The topological polar surface area (TPSA) is 35.2 Å². The van der Waals surface area contributed by atoms with Crippen molar-refractivity contribution in [3.63, 3.8) is 0 Å². The molecule has 0 aliphatic carbocycles. The fourth-order valence-corrected chi connectivity index (χ4v) is 1.05. The average molecular weight is 199 g/mol. The van der Waals surface area contributed by atoms with Crippen LogP contribution in [-0.4, -0.2) is 19.0 Å². The van der Waals surface area contributed by atoms with Crippen molar-refractivity contribution in [3.8, 4) is 0 Å². The van der Waals surface area contributed by atoms with Crippen molar-refractivity contribution >= 4 is 0 Å². The standard InChI is InChI=1S/C8H16F3NO/c1-6(2)5-7(12)3-4-13-8(9,10)11/h6-7H,3-5,12H2,1-2H3/t7-/m0/s1. The summed E-state index contributed by atoms with van der Waals surface area (Å²) in [5, 5.41) is 0. The van der Waals surface area contributed by atoms with Crippen molar-refractivity contribution in [2.45, 2.75) is 39.1 Å². The van der Waals surface area contributed by atoms with Gasteiger partial charge in [-0.3, -0.25) is 4.74 Å². The van der Waals surface area contributed by atoms with Gasteiger partial charge in [-0.05, 0) is 18.8 Å². The molecule has 0 aromatic rings. The van der Waals surface area contributed by atoms with Crippen LogP contribution in [0.2, 0.25) is 0 Å². The van der Waals surface area contributed by atoms with Gasteiger partial charge in [0.2, 0.25) is 0 Å². The Bertz CT molecular complexity index is 136. The fraction of sp³-hybridized carbons (Fsp3) is 1.00. The van der Waals surface area contributed by atoms with Crippen LogP contribution in [0.1, 0.15) is 26.7 Å². The molecule has 0 saturated carbocycles. The molecule has 0 radical (unpaired) electrons. The second-order valence-electron chi connectivity index (χ2n) is 3.47. The summed E-state index contributed by atoms with van der Waals surface area (Å²) in [5.74, 6) is 0.404. The van der Waals surface area contributed by atoms with E-state index in [2.05, 4.69) is 4.74 Å². The molecule has 0 aromatic carbocycles. The van der Waals surface area contributed by atoms with Gasteiger partial charge in [-0.1, -0.05) is 13.8 Å². The molecule has 0 rings (SSSR count). The highest BCUT2D eigenvalue weighted by Crippen LogP contribution is 2.17. The SMILES string of the molecule is CC(C)C[C@@H](N)CCOC(F)(F)F. The quantitative estimate of drug-likeness (QED) is 0.737. The maximum atomic E-state index is 11.5. The van der Waals surface area contributed by atoms with Crippen molar-refractivity contribution in [1.82, 2.24) is 0 Å². The Morgan fingerprint density at radius 3 is 2.23 bits per heavy atom. The molecule has 5 heteroatoms. The number of alkyl halides is 3. The van der Waals surface area contributed by atoms with Crippen molar-refractivity contribution in [2.75, 3.05) is 6.61 Å². The van der Waals surface area contributed by atoms with Gasteiger partial charge < -0.3 is 5.73 Å². The third-order valence-corrected chi connectivity index (χ3v) is 1.53. The Balaban J connectivity index is 3.42. The number of hydrogen-bond donors (Lipinski definition) is 1. The molecule has 80 valence electrons. The Morgan fingerprint density at radius 1 is 1.31 bits per heavy atom. The lowest BCUT2D eigenvalue weighted by Gasteiger charge is -2.14. The lowest BCUT2D eigenvalue weighted by molar-refractivity contribution is -0.324. The van der Waals surface area contributed by atoms with Crippen LogP contribution >= 0.6 is 0 Å². The first kappa shape index (κ1) is 12.7. The molecule has 2 nitrogen and oxygen atoms in total. The molecular formula is C8H16F3NO. The smallest absolute Gasteiger partial charge is 0.328 e. The van der Waals surface area contributed by atoms with E-state index >= 15 is 0 Å². The highest BCUT2D eigenvalue weighted by atomic mass is 19.4. The summed E-state index contributed by atoms with van der Waals surface area (Å²) in [4.78, 5) is 0. The maximum Gasteiger partial charge on any atom is 0.522 e. The third-order valence-electron chi connectivity index (χ3n) is 1.53. The van der Waals surface area contributed by atoms with Gasteiger partial charge in [-0.25, -0.2) is 0 Å². The van der Waals surface area contributed by atoms with Crippen LogP contribution < -0.4 is 5.73 Å². The number of halogens is 3. The van der Waals surface area contributed by atoms with E-state index in [0.717, 1.165) is 6.42 Å². The molecule has 13 heavy (non-hydrogen) atoms. The maximum absolute atomic E-state index is 11.5. The van der Waals surface area contributed by atoms with Crippen LogP contribution in [-0.2, 0) is 4.74 Å². The van der Waals surface area contributed by atoms with Crippen LogP contribution in [0, 0.1) is 5.92 Å². The Morgan fingerprint density at radius 2 is 1.85 bits per heavy atom. The van der Waals surface area contributed by atoms with E-state index < -0.39 is 6.36 Å². The summed E-state index contributed by atoms with van der Waals surface area (Å²) in [5.41, 5.74) is 5.56. The van der Waals surface area contributed by atoms with Gasteiger partial charge in [0.15, 0.2) is 0 Å². The van der Waals surface area contributed by atoms with Gasteiger partial charge in [-0.15, -0.1) is 13.2 Å². The van der Waals surface area contributed by atoms with Crippen molar-refractivity contribution < 1.29 is 17.9 Å². The predicted octanol–water partition coefficient (Wildman–Crippen LogP) is 2.29. The molecule has 0 amide bonds. The van der Waals surface area contributed by atoms with Gasteiger partial charge in [0.1, 0.15) is 0 Å². The molecule has 0 bridgehead atoms. The molecule has 0 saturated heterocycles. The van der Waals surface area contributed by atoms with Crippen molar-refractivity contribution in [3.05, 3.63) is 0 Å². The van der Waals surface area contributed by atoms with Crippen molar-refractivity contribution in [1.29, 1.82) is 0 Å². The molecule has 0 aliphatic rings. The molecular weight excluding hydrogens is 183 g/mol. The van der Waals surface area contributed by atoms with Crippen LogP contribution in [0.3, 0.4) is 0 Å². The van der Waals surface area contributed by atoms with Crippen LogP contribution in [0.15, 0.2) is 0 Å². The minimum atomic E-state index is -4.53. The average Bonchev–Trinajstić information content (AvgIpc) is 1.81. The van der Waals surface area contributed by atoms with Crippen LogP contribution in [0.4, 0.5) is 13.2 Å². The molecule has 0 aromatic heterocycles. The van der Waals surface area contributed by atoms with E-state index in [1.165, 1.54) is 0 Å². The summed E-state index contributed by atoms with van der Waals surface area (Å²) in [6.07, 6.45) is -3.56. The van der Waals surface area contributed by atoms with E-state index in [0.29, 0.717) is 5.92 Å². The summed E-state index contributed by atoms with van der Waals surface area (Å²) in [6.45, 7) is 3.60. The highest BCUT2D eigenvalue weighted by Gasteiger charge is 2.28. The van der Waals surface area contributed by atoms with E-state index in [-0.39, 0.29) is 19.1 Å². The molecule has 0 spiro atoms. The Kier molecular flexibility index (Phi) is 5.32.